The van der Waals surface area contributed by atoms with Crippen molar-refractivity contribution >= 4 is 17.8 Å². The van der Waals surface area contributed by atoms with E-state index in [1.807, 2.05) is 0 Å². The van der Waals surface area contributed by atoms with Crippen LogP contribution in [-0.4, -0.2) is 51.3 Å². The summed E-state index contributed by atoms with van der Waals surface area (Å²) in [5.74, 6) is -0.689. The molecule has 8 nitrogen and oxygen atoms in total. The standard InChI is InChI=1S/C18H25NO7/c1-5-25-16(20)8-7-15(18(22)26-6-2)19-17(21)12-9-13(23-3)11-14(10-12)24-4/h9-11,15H,5-8H2,1-4H3,(H,19,21)/t15-/m0/s1. The number of hydrogen-bond donors (Lipinski definition) is 1. The molecule has 0 aliphatic rings. The largest absolute Gasteiger partial charge is 0.497 e. The van der Waals surface area contributed by atoms with Crippen molar-refractivity contribution in [3.8, 4) is 11.5 Å². The van der Waals surface area contributed by atoms with E-state index in [9.17, 15) is 14.4 Å². The van der Waals surface area contributed by atoms with E-state index < -0.39 is 23.9 Å². The van der Waals surface area contributed by atoms with E-state index in [2.05, 4.69) is 5.32 Å². The molecule has 0 spiro atoms. The van der Waals surface area contributed by atoms with Gasteiger partial charge in [0.2, 0.25) is 0 Å². The summed E-state index contributed by atoms with van der Waals surface area (Å²) in [6, 6.07) is 3.70. The van der Waals surface area contributed by atoms with Gasteiger partial charge in [-0.3, -0.25) is 9.59 Å². The Hall–Kier alpha value is -2.77. The van der Waals surface area contributed by atoms with Gasteiger partial charge < -0.3 is 24.3 Å². The van der Waals surface area contributed by atoms with Crippen molar-refractivity contribution < 1.29 is 33.3 Å². The van der Waals surface area contributed by atoms with Gasteiger partial charge in [0.05, 0.1) is 27.4 Å². The van der Waals surface area contributed by atoms with Crippen molar-refractivity contribution in [2.45, 2.75) is 32.7 Å². The van der Waals surface area contributed by atoms with E-state index in [4.69, 9.17) is 18.9 Å². The lowest BCUT2D eigenvalue weighted by Gasteiger charge is -2.17. The Labute approximate surface area is 152 Å². The molecule has 0 fully saturated rings. The topological polar surface area (TPSA) is 100 Å². The number of methoxy groups -OCH3 is 2. The van der Waals surface area contributed by atoms with Gasteiger partial charge in [-0.05, 0) is 32.4 Å². The number of esters is 2. The first kappa shape index (κ1) is 21.3. The van der Waals surface area contributed by atoms with Crippen molar-refractivity contribution in [1.29, 1.82) is 0 Å². The number of amides is 1. The zero-order valence-corrected chi connectivity index (χ0v) is 15.5. The Morgan fingerprint density at radius 2 is 1.54 bits per heavy atom. The Balaban J connectivity index is 2.90. The van der Waals surface area contributed by atoms with Crippen LogP contribution in [0.5, 0.6) is 11.5 Å². The number of carbonyl (C=O) groups is 3. The van der Waals surface area contributed by atoms with Crippen LogP contribution in [0.25, 0.3) is 0 Å². The summed E-state index contributed by atoms with van der Waals surface area (Å²) in [7, 11) is 2.94. The Morgan fingerprint density at radius 1 is 0.962 bits per heavy atom. The van der Waals surface area contributed by atoms with Crippen LogP contribution >= 0.6 is 0 Å². The summed E-state index contributed by atoms with van der Waals surface area (Å²) in [5, 5.41) is 2.59. The van der Waals surface area contributed by atoms with Crippen LogP contribution in [-0.2, 0) is 19.1 Å². The molecule has 0 radical (unpaired) electrons. The molecule has 144 valence electrons. The third kappa shape index (κ3) is 6.62. The van der Waals surface area contributed by atoms with E-state index in [1.54, 1.807) is 19.9 Å². The van der Waals surface area contributed by atoms with Crippen LogP contribution in [0.4, 0.5) is 0 Å². The Morgan fingerprint density at radius 3 is 2.04 bits per heavy atom. The first-order valence-corrected chi connectivity index (χ1v) is 8.31. The third-order valence-corrected chi connectivity index (χ3v) is 3.43. The molecular formula is C18H25NO7. The highest BCUT2D eigenvalue weighted by atomic mass is 16.5. The van der Waals surface area contributed by atoms with Crippen LogP contribution in [0.1, 0.15) is 37.0 Å². The van der Waals surface area contributed by atoms with Gasteiger partial charge in [-0.1, -0.05) is 0 Å². The van der Waals surface area contributed by atoms with E-state index in [1.165, 1.54) is 26.4 Å². The summed E-state index contributed by atoms with van der Waals surface area (Å²) >= 11 is 0. The normalized spacial score (nSPS) is 11.2. The number of carbonyl (C=O) groups excluding carboxylic acids is 3. The molecule has 1 aromatic carbocycles. The van der Waals surface area contributed by atoms with Crippen molar-refractivity contribution in [2.75, 3.05) is 27.4 Å². The number of rotatable bonds is 10. The molecule has 1 atom stereocenters. The van der Waals surface area contributed by atoms with Crippen molar-refractivity contribution in [2.24, 2.45) is 0 Å². The van der Waals surface area contributed by atoms with E-state index >= 15 is 0 Å². The molecule has 26 heavy (non-hydrogen) atoms. The van der Waals surface area contributed by atoms with Crippen LogP contribution < -0.4 is 14.8 Å². The second-order valence-corrected chi connectivity index (χ2v) is 5.22. The fourth-order valence-electron chi connectivity index (χ4n) is 2.17. The molecule has 0 aliphatic heterocycles. The van der Waals surface area contributed by atoms with Gasteiger partial charge in [0, 0.05) is 18.1 Å². The first-order valence-electron chi connectivity index (χ1n) is 8.31. The predicted molar refractivity (Wildman–Crippen MR) is 93.3 cm³/mol. The molecule has 8 heteroatoms. The highest BCUT2D eigenvalue weighted by Gasteiger charge is 2.24. The monoisotopic (exact) mass is 367 g/mol. The maximum absolute atomic E-state index is 12.5. The molecule has 0 saturated carbocycles. The van der Waals surface area contributed by atoms with Crippen molar-refractivity contribution in [1.82, 2.24) is 5.32 Å². The highest BCUT2D eigenvalue weighted by molar-refractivity contribution is 5.97. The van der Waals surface area contributed by atoms with Crippen molar-refractivity contribution in [3.05, 3.63) is 23.8 Å². The molecule has 1 N–H and O–H groups in total. The maximum Gasteiger partial charge on any atom is 0.328 e. The minimum Gasteiger partial charge on any atom is -0.497 e. The molecule has 1 aromatic rings. The SMILES string of the molecule is CCOC(=O)CC[C@H](NC(=O)c1cc(OC)cc(OC)c1)C(=O)OCC. The number of ether oxygens (including phenoxy) is 4. The fraction of sp³-hybridized carbons (Fsp3) is 0.500. The lowest BCUT2D eigenvalue weighted by atomic mass is 10.1. The summed E-state index contributed by atoms with van der Waals surface area (Å²) in [4.78, 5) is 36.1. The molecule has 0 heterocycles. The summed E-state index contributed by atoms with van der Waals surface area (Å²) in [6.07, 6.45) is 0.0591. The van der Waals surface area contributed by atoms with E-state index in [0.717, 1.165) is 0 Å². The maximum atomic E-state index is 12.5. The quantitative estimate of drug-likeness (QED) is 0.628. The average molecular weight is 367 g/mol. The third-order valence-electron chi connectivity index (χ3n) is 3.43. The lowest BCUT2D eigenvalue weighted by Crippen LogP contribution is -2.42. The molecular weight excluding hydrogens is 342 g/mol. The molecule has 0 aliphatic carbocycles. The van der Waals surface area contributed by atoms with Gasteiger partial charge in [0.1, 0.15) is 17.5 Å². The van der Waals surface area contributed by atoms with Crippen molar-refractivity contribution in [3.63, 3.8) is 0 Å². The van der Waals surface area contributed by atoms with Gasteiger partial charge in [0.25, 0.3) is 5.91 Å². The zero-order chi connectivity index (χ0) is 19.5. The minimum absolute atomic E-state index is 0.0148. The Kier molecular flexibility index (Phi) is 8.97. The van der Waals surface area contributed by atoms with Gasteiger partial charge in [-0.25, -0.2) is 4.79 Å². The molecule has 0 aromatic heterocycles. The lowest BCUT2D eigenvalue weighted by molar-refractivity contribution is -0.146. The highest BCUT2D eigenvalue weighted by Crippen LogP contribution is 2.22. The van der Waals surface area contributed by atoms with E-state index in [0.29, 0.717) is 11.5 Å². The molecule has 1 amide bonds. The Bertz CT molecular complexity index is 608. The summed E-state index contributed by atoms with van der Waals surface area (Å²) in [6.45, 7) is 3.77. The number of hydrogen-bond acceptors (Lipinski definition) is 7. The van der Waals surface area contributed by atoms with Gasteiger partial charge in [-0.15, -0.1) is 0 Å². The van der Waals surface area contributed by atoms with Gasteiger partial charge in [0.15, 0.2) is 0 Å². The van der Waals surface area contributed by atoms with Gasteiger partial charge in [-0.2, -0.15) is 0 Å². The smallest absolute Gasteiger partial charge is 0.328 e. The average Bonchev–Trinajstić information content (AvgIpc) is 2.64. The predicted octanol–water partition coefficient (Wildman–Crippen LogP) is 1.71. The second-order valence-electron chi connectivity index (χ2n) is 5.22. The molecule has 1 rings (SSSR count). The minimum atomic E-state index is -0.968. The van der Waals surface area contributed by atoms with E-state index in [-0.39, 0.29) is 31.6 Å². The van der Waals surface area contributed by atoms with Crippen LogP contribution in [0, 0.1) is 0 Å². The summed E-state index contributed by atoms with van der Waals surface area (Å²) in [5.41, 5.74) is 0.256. The fourth-order valence-corrected chi connectivity index (χ4v) is 2.17. The first-order chi connectivity index (χ1) is 12.4. The second kappa shape index (κ2) is 11.0. The van der Waals surface area contributed by atoms with Gasteiger partial charge >= 0.3 is 11.9 Å². The van der Waals surface area contributed by atoms with Crippen LogP contribution in [0.3, 0.4) is 0 Å². The zero-order valence-electron chi connectivity index (χ0n) is 15.5. The number of benzene rings is 1. The molecule has 0 saturated heterocycles. The molecule has 0 bridgehead atoms. The summed E-state index contributed by atoms with van der Waals surface area (Å²) < 4.78 is 20.1. The van der Waals surface area contributed by atoms with Crippen LogP contribution in [0.2, 0.25) is 0 Å². The van der Waals surface area contributed by atoms with Crippen LogP contribution in [0.15, 0.2) is 18.2 Å². The number of nitrogens with one attached hydrogen (secondary N) is 1. The molecule has 0 unspecified atom stereocenters.